The van der Waals surface area contributed by atoms with Gasteiger partial charge in [-0.1, -0.05) is 6.92 Å². The Morgan fingerprint density at radius 1 is 1.22 bits per heavy atom. The molecule has 0 spiro atoms. The van der Waals surface area contributed by atoms with E-state index in [9.17, 15) is 8.78 Å². The highest BCUT2D eigenvalue weighted by Gasteiger charge is 2.14. The van der Waals surface area contributed by atoms with Crippen LogP contribution in [0.3, 0.4) is 0 Å². The van der Waals surface area contributed by atoms with Crippen molar-refractivity contribution in [2.75, 3.05) is 12.4 Å². The van der Waals surface area contributed by atoms with Crippen LogP contribution >= 0.6 is 0 Å². The van der Waals surface area contributed by atoms with Crippen molar-refractivity contribution in [2.24, 2.45) is 0 Å². The van der Waals surface area contributed by atoms with Crippen LogP contribution in [0.2, 0.25) is 0 Å². The summed E-state index contributed by atoms with van der Waals surface area (Å²) < 4.78 is 26.7. The maximum absolute atomic E-state index is 13.8. The Morgan fingerprint density at radius 2 is 2.00 bits per heavy atom. The molecular formula is C13H13F2N3. The summed E-state index contributed by atoms with van der Waals surface area (Å²) >= 11 is 0. The van der Waals surface area contributed by atoms with Gasteiger partial charge in [0.05, 0.1) is 5.69 Å². The average Bonchev–Trinajstić information content (AvgIpc) is 2.37. The molecule has 1 N–H and O–H groups in total. The Hall–Kier alpha value is -2.04. The van der Waals surface area contributed by atoms with Crippen molar-refractivity contribution in [2.45, 2.75) is 13.3 Å². The first-order chi connectivity index (χ1) is 8.67. The van der Waals surface area contributed by atoms with Crippen LogP contribution in [0.25, 0.3) is 11.3 Å². The van der Waals surface area contributed by atoms with E-state index in [1.165, 1.54) is 18.5 Å². The van der Waals surface area contributed by atoms with Gasteiger partial charge in [0.15, 0.2) is 0 Å². The van der Waals surface area contributed by atoms with Gasteiger partial charge in [0, 0.05) is 24.2 Å². The molecule has 0 radical (unpaired) electrons. The van der Waals surface area contributed by atoms with Gasteiger partial charge in [0.1, 0.15) is 23.8 Å². The molecule has 0 aliphatic rings. The lowest BCUT2D eigenvalue weighted by atomic mass is 10.0. The van der Waals surface area contributed by atoms with E-state index in [4.69, 9.17) is 0 Å². The maximum atomic E-state index is 13.8. The molecule has 5 heteroatoms. The van der Waals surface area contributed by atoms with Gasteiger partial charge in [-0.15, -0.1) is 0 Å². The SMILES string of the molecule is CCc1c(NC)ncnc1-c1ccc(F)cc1F. The first kappa shape index (κ1) is 12.4. The number of anilines is 1. The lowest BCUT2D eigenvalue weighted by Crippen LogP contribution is -2.03. The summed E-state index contributed by atoms with van der Waals surface area (Å²) in [5.41, 5.74) is 1.59. The highest BCUT2D eigenvalue weighted by molar-refractivity contribution is 5.68. The summed E-state index contributed by atoms with van der Waals surface area (Å²) in [7, 11) is 1.74. The third-order valence-corrected chi connectivity index (χ3v) is 2.72. The third-order valence-electron chi connectivity index (χ3n) is 2.72. The quantitative estimate of drug-likeness (QED) is 0.908. The molecule has 3 nitrogen and oxygen atoms in total. The molecular weight excluding hydrogens is 236 g/mol. The maximum Gasteiger partial charge on any atom is 0.135 e. The van der Waals surface area contributed by atoms with Crippen LogP contribution in [0.5, 0.6) is 0 Å². The molecule has 94 valence electrons. The van der Waals surface area contributed by atoms with E-state index in [0.29, 0.717) is 17.9 Å². The summed E-state index contributed by atoms with van der Waals surface area (Å²) in [6.45, 7) is 1.93. The monoisotopic (exact) mass is 249 g/mol. The molecule has 0 amide bonds. The molecule has 0 atom stereocenters. The second-order valence-electron chi connectivity index (χ2n) is 3.78. The Balaban J connectivity index is 2.63. The van der Waals surface area contributed by atoms with Crippen LogP contribution in [0, 0.1) is 11.6 Å². The highest BCUT2D eigenvalue weighted by atomic mass is 19.1. The van der Waals surface area contributed by atoms with Crippen LogP contribution in [-0.2, 0) is 6.42 Å². The van der Waals surface area contributed by atoms with Crippen molar-refractivity contribution in [3.05, 3.63) is 41.7 Å². The molecule has 2 aromatic rings. The normalized spacial score (nSPS) is 10.4. The zero-order valence-corrected chi connectivity index (χ0v) is 10.2. The predicted molar refractivity (Wildman–Crippen MR) is 66.3 cm³/mol. The lowest BCUT2D eigenvalue weighted by Gasteiger charge is -2.11. The van der Waals surface area contributed by atoms with E-state index in [-0.39, 0.29) is 5.56 Å². The van der Waals surface area contributed by atoms with Crippen molar-refractivity contribution in [1.29, 1.82) is 0 Å². The van der Waals surface area contributed by atoms with E-state index in [1.54, 1.807) is 7.05 Å². The average molecular weight is 249 g/mol. The summed E-state index contributed by atoms with van der Waals surface area (Å²) in [5.74, 6) is -0.561. The molecule has 18 heavy (non-hydrogen) atoms. The van der Waals surface area contributed by atoms with E-state index in [0.717, 1.165) is 11.6 Å². The number of hydrogen-bond donors (Lipinski definition) is 1. The fraction of sp³-hybridized carbons (Fsp3) is 0.231. The van der Waals surface area contributed by atoms with Crippen molar-refractivity contribution >= 4 is 5.82 Å². The molecule has 1 aromatic heterocycles. The molecule has 0 fully saturated rings. The smallest absolute Gasteiger partial charge is 0.135 e. The fourth-order valence-corrected chi connectivity index (χ4v) is 1.88. The number of nitrogens with one attached hydrogen (secondary N) is 1. The molecule has 0 aliphatic carbocycles. The first-order valence-corrected chi connectivity index (χ1v) is 5.64. The van der Waals surface area contributed by atoms with Crippen LogP contribution < -0.4 is 5.32 Å². The minimum atomic E-state index is -0.620. The molecule has 0 saturated carbocycles. The molecule has 0 bridgehead atoms. The Morgan fingerprint density at radius 3 is 2.61 bits per heavy atom. The van der Waals surface area contributed by atoms with E-state index < -0.39 is 11.6 Å². The van der Waals surface area contributed by atoms with Crippen LogP contribution in [0.4, 0.5) is 14.6 Å². The third kappa shape index (κ3) is 2.16. The molecule has 0 aliphatic heterocycles. The Bertz CT molecular complexity index is 570. The van der Waals surface area contributed by atoms with Gasteiger partial charge in [-0.3, -0.25) is 0 Å². The second kappa shape index (κ2) is 5.08. The largest absolute Gasteiger partial charge is 0.373 e. The summed E-state index contributed by atoms with van der Waals surface area (Å²) in [6, 6.07) is 3.47. The van der Waals surface area contributed by atoms with Crippen LogP contribution in [0.15, 0.2) is 24.5 Å². The Labute approximate surface area is 104 Å². The number of rotatable bonds is 3. The van der Waals surface area contributed by atoms with E-state index in [2.05, 4.69) is 15.3 Å². The van der Waals surface area contributed by atoms with Crippen LogP contribution in [-0.4, -0.2) is 17.0 Å². The minimum Gasteiger partial charge on any atom is -0.373 e. The van der Waals surface area contributed by atoms with Gasteiger partial charge in [0.2, 0.25) is 0 Å². The van der Waals surface area contributed by atoms with Crippen molar-refractivity contribution < 1.29 is 8.78 Å². The molecule has 2 rings (SSSR count). The molecule has 1 heterocycles. The predicted octanol–water partition coefficient (Wildman–Crippen LogP) is 3.03. The number of halogens is 2. The summed E-state index contributed by atoms with van der Waals surface area (Å²) in [6.07, 6.45) is 2.02. The zero-order valence-electron chi connectivity index (χ0n) is 10.2. The van der Waals surface area contributed by atoms with Gasteiger partial charge >= 0.3 is 0 Å². The van der Waals surface area contributed by atoms with Crippen molar-refractivity contribution in [3.63, 3.8) is 0 Å². The van der Waals surface area contributed by atoms with Gasteiger partial charge < -0.3 is 5.32 Å². The lowest BCUT2D eigenvalue weighted by molar-refractivity contribution is 0.585. The van der Waals surface area contributed by atoms with E-state index in [1.807, 2.05) is 6.92 Å². The topological polar surface area (TPSA) is 37.8 Å². The summed E-state index contributed by atoms with van der Waals surface area (Å²) in [4.78, 5) is 8.19. The van der Waals surface area contributed by atoms with Gasteiger partial charge in [-0.05, 0) is 18.6 Å². The van der Waals surface area contributed by atoms with Gasteiger partial charge in [-0.25, -0.2) is 18.7 Å². The number of aromatic nitrogens is 2. The number of nitrogens with zero attached hydrogens (tertiary/aromatic N) is 2. The first-order valence-electron chi connectivity index (χ1n) is 5.64. The van der Waals surface area contributed by atoms with Crippen LogP contribution in [0.1, 0.15) is 12.5 Å². The Kier molecular flexibility index (Phi) is 3.50. The minimum absolute atomic E-state index is 0.284. The second-order valence-corrected chi connectivity index (χ2v) is 3.78. The molecule has 0 saturated heterocycles. The van der Waals surface area contributed by atoms with Gasteiger partial charge in [0.25, 0.3) is 0 Å². The molecule has 1 aromatic carbocycles. The zero-order chi connectivity index (χ0) is 13.1. The standard InChI is InChI=1S/C13H13F2N3/c1-3-9-12(17-7-18-13(9)16-2)10-5-4-8(14)6-11(10)15/h4-7H,3H2,1-2H3,(H,16,17,18). The van der Waals surface area contributed by atoms with Crippen molar-refractivity contribution in [3.8, 4) is 11.3 Å². The van der Waals surface area contributed by atoms with Crippen molar-refractivity contribution in [1.82, 2.24) is 9.97 Å². The fourth-order valence-electron chi connectivity index (χ4n) is 1.88. The van der Waals surface area contributed by atoms with Gasteiger partial charge in [-0.2, -0.15) is 0 Å². The number of benzene rings is 1. The summed E-state index contributed by atoms with van der Waals surface area (Å²) in [5, 5.41) is 2.94. The molecule has 0 unspecified atom stereocenters. The highest BCUT2D eigenvalue weighted by Crippen LogP contribution is 2.28. The number of hydrogen-bond acceptors (Lipinski definition) is 3. The van der Waals surface area contributed by atoms with E-state index >= 15 is 0 Å².